The molecule has 1 N–H and O–H groups in total. The van der Waals surface area contributed by atoms with E-state index in [4.69, 9.17) is 39.9 Å². The largest absolute Gasteiger partial charge is 0.389 e. The van der Waals surface area contributed by atoms with Crippen molar-refractivity contribution in [3.8, 4) is 0 Å². The molecule has 0 bridgehead atoms. The second-order valence-corrected chi connectivity index (χ2v) is 3.33. The lowest BCUT2D eigenvalue weighted by Crippen LogP contribution is -2.35. The molecule has 0 aliphatic carbocycles. The van der Waals surface area contributed by atoms with Gasteiger partial charge >= 0.3 is 0 Å². The van der Waals surface area contributed by atoms with Crippen molar-refractivity contribution < 1.29 is 9.50 Å². The topological polar surface area (TPSA) is 20.2 Å². The van der Waals surface area contributed by atoms with E-state index in [1.165, 1.54) is 6.92 Å². The molecule has 0 rings (SSSR count). The van der Waals surface area contributed by atoms with Crippen LogP contribution in [0.3, 0.4) is 0 Å². The molecular weight excluding hydrogens is 189 g/mol. The zero-order valence-electron chi connectivity index (χ0n) is 4.61. The van der Waals surface area contributed by atoms with Gasteiger partial charge in [0.2, 0.25) is 5.13 Å². The lowest BCUT2D eigenvalue weighted by molar-refractivity contribution is 0.0725. The van der Waals surface area contributed by atoms with E-state index >= 15 is 0 Å². The van der Waals surface area contributed by atoms with Gasteiger partial charge in [-0.2, -0.15) is 0 Å². The first kappa shape index (κ1) is 9.76. The number of alkyl halides is 4. The summed E-state index contributed by atoms with van der Waals surface area (Å²) in [6.07, 6.45) is -1.38. The van der Waals surface area contributed by atoms with Crippen LogP contribution >= 0.6 is 34.8 Å². The van der Waals surface area contributed by atoms with Crippen LogP contribution in [0.5, 0.6) is 0 Å². The predicted molar refractivity (Wildman–Crippen MR) is 36.9 cm³/mol. The maximum atomic E-state index is 12.6. The second-order valence-electron chi connectivity index (χ2n) is 1.65. The highest BCUT2D eigenvalue weighted by Crippen LogP contribution is 2.32. The van der Waals surface area contributed by atoms with Crippen molar-refractivity contribution in [2.24, 2.45) is 0 Å². The fraction of sp³-hybridized carbons (Fsp3) is 1.00. The van der Waals surface area contributed by atoms with Gasteiger partial charge in [-0.15, -0.1) is 23.2 Å². The first-order valence-electron chi connectivity index (χ1n) is 2.23. The molecule has 0 aliphatic rings. The highest BCUT2D eigenvalue weighted by Gasteiger charge is 2.39. The molecule has 0 saturated carbocycles. The summed E-state index contributed by atoms with van der Waals surface area (Å²) in [6.45, 7) is 1.17. The molecule has 2 atom stereocenters. The molecule has 0 amide bonds. The van der Waals surface area contributed by atoms with Gasteiger partial charge in [0, 0.05) is 0 Å². The van der Waals surface area contributed by atoms with Gasteiger partial charge in [0.1, 0.15) is 6.10 Å². The molecule has 1 nitrogen and oxygen atoms in total. The summed E-state index contributed by atoms with van der Waals surface area (Å²) in [4.78, 5) is -1.42. The Hall–Kier alpha value is 0.760. The minimum atomic E-state index is -2.44. The molecule has 0 spiro atoms. The number of hydrogen-bond donors (Lipinski definition) is 1. The van der Waals surface area contributed by atoms with Crippen LogP contribution in [0.15, 0.2) is 0 Å². The molecule has 0 aromatic rings. The van der Waals surface area contributed by atoms with E-state index < -0.39 is 16.1 Å². The van der Waals surface area contributed by atoms with Crippen molar-refractivity contribution in [2.75, 3.05) is 0 Å². The fourth-order valence-corrected chi connectivity index (χ4v) is 0.547. The summed E-state index contributed by atoms with van der Waals surface area (Å²) in [5.41, 5.74) is 0. The molecule has 0 saturated heterocycles. The number of aliphatic hydroxyl groups excluding tert-OH is 1. The van der Waals surface area contributed by atoms with Crippen LogP contribution in [0.1, 0.15) is 6.92 Å². The summed E-state index contributed by atoms with van der Waals surface area (Å²) in [6, 6.07) is 0. The van der Waals surface area contributed by atoms with Crippen LogP contribution < -0.4 is 0 Å². The third-order valence-electron chi connectivity index (χ3n) is 0.848. The van der Waals surface area contributed by atoms with Gasteiger partial charge < -0.3 is 5.11 Å². The molecule has 9 heavy (non-hydrogen) atoms. The maximum absolute atomic E-state index is 12.6. The Balaban J connectivity index is 4.01. The van der Waals surface area contributed by atoms with Crippen LogP contribution in [-0.4, -0.2) is 21.2 Å². The molecule has 0 aromatic heterocycles. The average molecular weight is 195 g/mol. The van der Waals surface area contributed by atoms with Crippen LogP contribution in [0, 0.1) is 0 Å². The lowest BCUT2D eigenvalue weighted by atomic mass is 10.3. The molecule has 0 radical (unpaired) electrons. The number of hydrogen-bond acceptors (Lipinski definition) is 1. The van der Waals surface area contributed by atoms with E-state index in [0.717, 1.165) is 0 Å². The summed E-state index contributed by atoms with van der Waals surface area (Å²) in [7, 11) is 0. The lowest BCUT2D eigenvalue weighted by Gasteiger charge is -2.21. The van der Waals surface area contributed by atoms with Crippen molar-refractivity contribution >= 4 is 34.8 Å². The Morgan fingerprint density at radius 2 is 1.89 bits per heavy atom. The molecule has 5 heteroatoms. The van der Waals surface area contributed by atoms with Gasteiger partial charge in [-0.3, -0.25) is 0 Å². The monoisotopic (exact) mass is 194 g/mol. The highest BCUT2D eigenvalue weighted by molar-refractivity contribution is 6.49. The van der Waals surface area contributed by atoms with Crippen LogP contribution in [0.25, 0.3) is 0 Å². The molecule has 0 fully saturated rings. The van der Waals surface area contributed by atoms with E-state index in [1.807, 2.05) is 0 Å². The summed E-state index contributed by atoms with van der Waals surface area (Å²) >= 11 is 15.2. The molecule has 56 valence electrons. The molecule has 0 aliphatic heterocycles. The molecule has 0 aromatic carbocycles. The first-order chi connectivity index (χ1) is 3.89. The van der Waals surface area contributed by atoms with Crippen molar-refractivity contribution in [3.63, 3.8) is 0 Å². The van der Waals surface area contributed by atoms with Gasteiger partial charge in [0.25, 0.3) is 0 Å². The van der Waals surface area contributed by atoms with E-state index in [2.05, 4.69) is 0 Å². The standard InChI is InChI=1S/C4H6Cl3FO/c1-2(9)4(7,8)3(5)6/h2-3,9H,1H3. The Bertz CT molecular complexity index is 83.8. The van der Waals surface area contributed by atoms with Crippen molar-refractivity contribution in [3.05, 3.63) is 0 Å². The van der Waals surface area contributed by atoms with Gasteiger partial charge in [-0.25, -0.2) is 4.39 Å². The van der Waals surface area contributed by atoms with E-state index in [-0.39, 0.29) is 0 Å². The van der Waals surface area contributed by atoms with Gasteiger partial charge in [0.15, 0.2) is 4.84 Å². The highest BCUT2D eigenvalue weighted by atomic mass is 35.5. The van der Waals surface area contributed by atoms with Crippen LogP contribution in [0.4, 0.5) is 4.39 Å². The van der Waals surface area contributed by atoms with E-state index in [0.29, 0.717) is 0 Å². The first-order valence-corrected chi connectivity index (χ1v) is 3.48. The van der Waals surface area contributed by atoms with Crippen LogP contribution in [-0.2, 0) is 0 Å². The second kappa shape index (κ2) is 3.24. The summed E-state index contributed by atoms with van der Waals surface area (Å²) in [5.74, 6) is 0. The van der Waals surface area contributed by atoms with Gasteiger partial charge in [0.05, 0.1) is 0 Å². The molecule has 2 unspecified atom stereocenters. The predicted octanol–water partition coefficient (Wildman–Crippen LogP) is 2.08. The van der Waals surface area contributed by atoms with Gasteiger partial charge in [-0.1, -0.05) is 11.6 Å². The minimum absolute atomic E-state index is 1.17. The van der Waals surface area contributed by atoms with Gasteiger partial charge in [-0.05, 0) is 6.92 Å². The van der Waals surface area contributed by atoms with Crippen molar-refractivity contribution in [1.29, 1.82) is 0 Å². The number of aliphatic hydroxyl groups is 1. The van der Waals surface area contributed by atoms with Crippen molar-refractivity contribution in [2.45, 2.75) is 23.0 Å². The normalized spacial score (nSPS) is 21.7. The zero-order chi connectivity index (χ0) is 7.65. The summed E-state index contributed by atoms with van der Waals surface area (Å²) < 4.78 is 12.6. The Morgan fingerprint density at radius 3 is 1.89 bits per heavy atom. The third-order valence-corrected chi connectivity index (χ3v) is 2.24. The third kappa shape index (κ3) is 2.46. The number of rotatable bonds is 2. The quantitative estimate of drug-likeness (QED) is 0.669. The SMILES string of the molecule is CC(O)C(F)(Cl)C(Cl)Cl. The Kier molecular flexibility index (Phi) is 3.51. The smallest absolute Gasteiger partial charge is 0.238 e. The summed E-state index contributed by atoms with van der Waals surface area (Å²) in [5, 5.41) is 6.13. The zero-order valence-corrected chi connectivity index (χ0v) is 6.88. The fourth-order valence-electron chi connectivity index (χ4n) is 0.182. The Labute approximate surface area is 67.7 Å². The maximum Gasteiger partial charge on any atom is 0.238 e. The minimum Gasteiger partial charge on any atom is -0.389 e. The average Bonchev–Trinajstić information content (AvgIpc) is 1.65. The van der Waals surface area contributed by atoms with Crippen molar-refractivity contribution in [1.82, 2.24) is 0 Å². The van der Waals surface area contributed by atoms with Crippen LogP contribution in [0.2, 0.25) is 0 Å². The van der Waals surface area contributed by atoms with E-state index in [1.54, 1.807) is 0 Å². The Morgan fingerprint density at radius 1 is 1.56 bits per heavy atom. The number of halogens is 4. The molecule has 0 heterocycles. The van der Waals surface area contributed by atoms with E-state index in [9.17, 15) is 4.39 Å². The molecular formula is C4H6Cl3FO.